The number of benzene rings is 1. The summed E-state index contributed by atoms with van der Waals surface area (Å²) < 4.78 is 10.8. The summed E-state index contributed by atoms with van der Waals surface area (Å²) in [6.07, 6.45) is 0. The second-order valence-electron chi connectivity index (χ2n) is 6.21. The zero-order valence-electron chi connectivity index (χ0n) is 13.2. The van der Waals surface area contributed by atoms with Crippen LogP contribution in [0, 0.1) is 0 Å². The summed E-state index contributed by atoms with van der Waals surface area (Å²) >= 11 is 5.45. The van der Waals surface area contributed by atoms with Crippen LogP contribution in [0.2, 0.25) is 0 Å². The molecule has 0 saturated carbocycles. The number of rotatable bonds is 3. The molecule has 0 aromatic heterocycles. The van der Waals surface area contributed by atoms with Crippen LogP contribution in [0.4, 0.5) is 0 Å². The molecule has 22 heavy (non-hydrogen) atoms. The van der Waals surface area contributed by atoms with Crippen molar-refractivity contribution in [2.75, 3.05) is 33.0 Å². The van der Waals surface area contributed by atoms with Crippen LogP contribution in [-0.2, 0) is 6.54 Å². The molecule has 0 spiro atoms. The summed E-state index contributed by atoms with van der Waals surface area (Å²) in [6.45, 7) is 9.83. The summed E-state index contributed by atoms with van der Waals surface area (Å²) in [5, 5.41) is 4.21. The lowest BCUT2D eigenvalue weighted by molar-refractivity contribution is -0.917. The molecular formula is C16H24N3O2S+. The van der Waals surface area contributed by atoms with Crippen molar-refractivity contribution in [1.82, 2.24) is 10.2 Å². The van der Waals surface area contributed by atoms with Crippen LogP contribution in [0.1, 0.15) is 19.4 Å². The third-order valence-electron chi connectivity index (χ3n) is 4.06. The van der Waals surface area contributed by atoms with Gasteiger partial charge >= 0.3 is 0 Å². The lowest BCUT2D eigenvalue weighted by Crippen LogP contribution is -3.13. The molecule has 3 rings (SSSR count). The van der Waals surface area contributed by atoms with Gasteiger partial charge in [-0.3, -0.25) is 0 Å². The van der Waals surface area contributed by atoms with Crippen LogP contribution >= 0.6 is 12.2 Å². The number of fused-ring (bicyclic) bond motifs is 1. The molecule has 0 atom stereocenters. The van der Waals surface area contributed by atoms with Crippen molar-refractivity contribution >= 4 is 17.3 Å². The quantitative estimate of drug-likeness (QED) is 0.788. The van der Waals surface area contributed by atoms with Crippen molar-refractivity contribution in [2.24, 2.45) is 0 Å². The highest BCUT2D eigenvalue weighted by Gasteiger charge is 2.23. The summed E-state index contributed by atoms with van der Waals surface area (Å²) in [6, 6.07) is 6.64. The van der Waals surface area contributed by atoms with Gasteiger partial charge in [-0.2, -0.15) is 0 Å². The predicted molar refractivity (Wildman–Crippen MR) is 89.4 cm³/mol. The Hall–Kier alpha value is -1.53. The van der Waals surface area contributed by atoms with Crippen molar-refractivity contribution < 1.29 is 14.4 Å². The van der Waals surface area contributed by atoms with E-state index in [1.807, 2.05) is 6.07 Å². The van der Waals surface area contributed by atoms with E-state index in [0.29, 0.717) is 12.8 Å². The standard InChI is InChI=1S/C16H23N3O2S/c1-12(2)17-16(22)19-7-5-18(6-8-19)10-13-3-4-14-15(9-13)21-11-20-14/h3-4,9,12H,5-8,10-11H2,1-2H3,(H,17,22)/p+1. The van der Waals surface area contributed by atoms with Gasteiger partial charge < -0.3 is 24.6 Å². The molecule has 120 valence electrons. The van der Waals surface area contributed by atoms with Crippen LogP contribution in [0.25, 0.3) is 0 Å². The number of piperazine rings is 1. The van der Waals surface area contributed by atoms with E-state index in [9.17, 15) is 0 Å². The Morgan fingerprint density at radius 2 is 2.00 bits per heavy atom. The fourth-order valence-corrected chi connectivity index (χ4v) is 3.30. The SMILES string of the molecule is CC(C)NC(=S)N1CC[NH+](Cc2ccc3c(c2)OCO3)CC1. The van der Waals surface area contributed by atoms with Crippen molar-refractivity contribution in [3.8, 4) is 11.5 Å². The maximum atomic E-state index is 5.45. The van der Waals surface area contributed by atoms with E-state index >= 15 is 0 Å². The molecule has 0 bridgehead atoms. The molecular weight excluding hydrogens is 298 g/mol. The number of thiocarbonyl (C=S) groups is 1. The molecule has 2 N–H and O–H groups in total. The molecule has 1 saturated heterocycles. The van der Waals surface area contributed by atoms with Gasteiger partial charge in [0.25, 0.3) is 0 Å². The predicted octanol–water partition coefficient (Wildman–Crippen LogP) is 0.399. The molecule has 0 aliphatic carbocycles. The molecule has 1 aromatic carbocycles. The Morgan fingerprint density at radius 1 is 1.27 bits per heavy atom. The molecule has 6 heteroatoms. The molecule has 1 fully saturated rings. The van der Waals surface area contributed by atoms with Crippen molar-refractivity contribution in [3.05, 3.63) is 23.8 Å². The minimum absolute atomic E-state index is 0.338. The van der Waals surface area contributed by atoms with Crippen molar-refractivity contribution in [3.63, 3.8) is 0 Å². The minimum Gasteiger partial charge on any atom is -0.454 e. The maximum Gasteiger partial charge on any atom is 0.231 e. The average Bonchev–Trinajstić information content (AvgIpc) is 2.95. The number of hydrogen-bond donors (Lipinski definition) is 2. The van der Waals surface area contributed by atoms with Gasteiger partial charge in [0.05, 0.1) is 26.2 Å². The molecule has 2 aliphatic heterocycles. The van der Waals surface area contributed by atoms with Crippen LogP contribution < -0.4 is 19.7 Å². The number of hydrogen-bond acceptors (Lipinski definition) is 3. The van der Waals surface area contributed by atoms with Gasteiger partial charge in [-0.1, -0.05) is 0 Å². The smallest absolute Gasteiger partial charge is 0.231 e. The Labute approximate surface area is 137 Å². The van der Waals surface area contributed by atoms with E-state index < -0.39 is 0 Å². The highest BCUT2D eigenvalue weighted by atomic mass is 32.1. The van der Waals surface area contributed by atoms with E-state index in [4.69, 9.17) is 21.7 Å². The number of nitrogens with zero attached hydrogens (tertiary/aromatic N) is 1. The third kappa shape index (κ3) is 3.62. The Kier molecular flexibility index (Phi) is 4.69. The lowest BCUT2D eigenvalue weighted by atomic mass is 10.1. The summed E-state index contributed by atoms with van der Waals surface area (Å²) in [7, 11) is 0. The number of nitrogens with one attached hydrogen (secondary N) is 2. The minimum atomic E-state index is 0.338. The molecule has 2 heterocycles. The normalized spacial score (nSPS) is 17.9. The van der Waals surface area contributed by atoms with E-state index in [1.54, 1.807) is 4.90 Å². The number of quaternary nitrogens is 1. The Balaban J connectivity index is 1.51. The summed E-state index contributed by atoms with van der Waals surface area (Å²) in [4.78, 5) is 3.86. The largest absolute Gasteiger partial charge is 0.454 e. The first-order valence-electron chi connectivity index (χ1n) is 7.89. The highest BCUT2D eigenvalue weighted by Crippen LogP contribution is 2.32. The molecule has 0 radical (unpaired) electrons. The van der Waals surface area contributed by atoms with E-state index in [-0.39, 0.29) is 0 Å². The monoisotopic (exact) mass is 322 g/mol. The van der Waals surface area contributed by atoms with Gasteiger partial charge in [-0.25, -0.2) is 0 Å². The molecule has 5 nitrogen and oxygen atoms in total. The van der Waals surface area contributed by atoms with Crippen LogP contribution in [0.5, 0.6) is 11.5 Å². The average molecular weight is 322 g/mol. The zero-order valence-corrected chi connectivity index (χ0v) is 14.0. The molecule has 0 unspecified atom stereocenters. The van der Waals surface area contributed by atoms with Gasteiger partial charge in [0, 0.05) is 11.6 Å². The van der Waals surface area contributed by atoms with Crippen LogP contribution in [-0.4, -0.2) is 49.0 Å². The van der Waals surface area contributed by atoms with E-state index in [1.165, 1.54) is 5.56 Å². The first kappa shape index (κ1) is 15.4. The van der Waals surface area contributed by atoms with Gasteiger partial charge in [-0.05, 0) is 44.3 Å². The van der Waals surface area contributed by atoms with Gasteiger partial charge in [0.15, 0.2) is 16.6 Å². The van der Waals surface area contributed by atoms with Crippen LogP contribution in [0.3, 0.4) is 0 Å². The summed E-state index contributed by atoms with van der Waals surface area (Å²) in [5.41, 5.74) is 1.30. The summed E-state index contributed by atoms with van der Waals surface area (Å²) in [5.74, 6) is 1.73. The first-order chi connectivity index (χ1) is 10.6. The van der Waals surface area contributed by atoms with Gasteiger partial charge in [-0.15, -0.1) is 0 Å². The zero-order chi connectivity index (χ0) is 15.5. The Bertz CT molecular complexity index is 542. The highest BCUT2D eigenvalue weighted by molar-refractivity contribution is 7.80. The number of ether oxygens (including phenoxy) is 2. The van der Waals surface area contributed by atoms with E-state index in [0.717, 1.165) is 49.3 Å². The Morgan fingerprint density at radius 3 is 2.73 bits per heavy atom. The topological polar surface area (TPSA) is 38.2 Å². The van der Waals surface area contributed by atoms with Gasteiger partial charge in [0.1, 0.15) is 6.54 Å². The molecule has 0 amide bonds. The third-order valence-corrected chi connectivity index (χ3v) is 4.44. The second-order valence-corrected chi connectivity index (χ2v) is 6.59. The second kappa shape index (κ2) is 6.71. The van der Waals surface area contributed by atoms with Crippen molar-refractivity contribution in [1.29, 1.82) is 0 Å². The van der Waals surface area contributed by atoms with Crippen LogP contribution in [0.15, 0.2) is 18.2 Å². The molecule has 1 aromatic rings. The maximum absolute atomic E-state index is 5.45. The van der Waals surface area contributed by atoms with E-state index in [2.05, 4.69) is 36.2 Å². The molecule has 2 aliphatic rings. The first-order valence-corrected chi connectivity index (χ1v) is 8.30. The van der Waals surface area contributed by atoms with Gasteiger partial charge in [0.2, 0.25) is 6.79 Å². The fraction of sp³-hybridized carbons (Fsp3) is 0.562. The lowest BCUT2D eigenvalue weighted by Gasteiger charge is -2.34. The van der Waals surface area contributed by atoms with Crippen molar-refractivity contribution in [2.45, 2.75) is 26.4 Å². The fourth-order valence-electron chi connectivity index (χ4n) is 2.88.